The number of carbonyl (C=O) groups excluding carboxylic acids is 1. The average molecular weight is 377 g/mol. The molecule has 5 nitrogen and oxygen atoms in total. The number of nitrogens with one attached hydrogen (secondary N) is 2. The molecule has 0 spiro atoms. The molecule has 0 aliphatic carbocycles. The van der Waals surface area contributed by atoms with Gasteiger partial charge in [-0.3, -0.25) is 4.79 Å². The Morgan fingerprint density at radius 1 is 1.08 bits per heavy atom. The molecule has 3 rings (SSSR count). The normalized spacial score (nSPS) is 15.6. The molecule has 1 aliphatic heterocycles. The van der Waals surface area contributed by atoms with Crippen molar-refractivity contribution in [2.24, 2.45) is 0 Å². The van der Waals surface area contributed by atoms with Crippen LogP contribution in [-0.2, 0) is 9.53 Å². The largest absolute Gasteiger partial charge is 0.457 e. The van der Waals surface area contributed by atoms with Gasteiger partial charge in [-0.25, -0.2) is 0 Å². The van der Waals surface area contributed by atoms with Gasteiger partial charge in [0.05, 0.1) is 0 Å². The number of hydrogen-bond donors (Lipinski definition) is 2. The number of anilines is 1. The number of hydrogen-bond acceptors (Lipinski definition) is 4. The zero-order valence-electron chi connectivity index (χ0n) is 15.1. The Bertz CT molecular complexity index is 728. The Kier molecular flexibility index (Phi) is 7.03. The molecule has 0 unspecified atom stereocenters. The molecule has 1 aliphatic rings. The van der Waals surface area contributed by atoms with Crippen molar-refractivity contribution in [2.75, 3.05) is 25.5 Å². The molecule has 0 atom stereocenters. The summed E-state index contributed by atoms with van der Waals surface area (Å²) in [5.74, 6) is 1.43. The summed E-state index contributed by atoms with van der Waals surface area (Å²) in [4.78, 5) is 12.6. The summed E-state index contributed by atoms with van der Waals surface area (Å²) in [6.45, 7) is 3.59. The summed E-state index contributed by atoms with van der Waals surface area (Å²) in [7, 11) is 1.60. The first kappa shape index (κ1) is 20.2. The van der Waals surface area contributed by atoms with Crippen LogP contribution in [0.2, 0.25) is 0 Å². The highest BCUT2D eigenvalue weighted by molar-refractivity contribution is 5.97. The SMILES string of the molecule is COC1(C(=O)Nc2ccc(Oc3cccc(C)c3)cc2)CCNCC1.Cl. The van der Waals surface area contributed by atoms with Crippen molar-refractivity contribution >= 4 is 24.0 Å². The molecule has 2 aromatic rings. The number of amides is 1. The number of carbonyl (C=O) groups is 1. The predicted molar refractivity (Wildman–Crippen MR) is 105 cm³/mol. The lowest BCUT2D eigenvalue weighted by atomic mass is 9.91. The monoisotopic (exact) mass is 376 g/mol. The molecule has 6 heteroatoms. The molecule has 0 saturated carbocycles. The zero-order chi connectivity index (χ0) is 17.7. The molecule has 140 valence electrons. The van der Waals surface area contributed by atoms with Gasteiger partial charge >= 0.3 is 0 Å². The second-order valence-corrected chi connectivity index (χ2v) is 6.35. The highest BCUT2D eigenvalue weighted by atomic mass is 35.5. The topological polar surface area (TPSA) is 59.6 Å². The van der Waals surface area contributed by atoms with Crippen molar-refractivity contribution in [3.8, 4) is 11.5 Å². The Balaban J connectivity index is 0.00000243. The van der Waals surface area contributed by atoms with Crippen molar-refractivity contribution in [2.45, 2.75) is 25.4 Å². The minimum absolute atomic E-state index is 0. The molecule has 1 fully saturated rings. The van der Waals surface area contributed by atoms with Gasteiger partial charge in [-0.05, 0) is 74.8 Å². The Morgan fingerprint density at radius 2 is 1.77 bits per heavy atom. The van der Waals surface area contributed by atoms with Crippen LogP contribution in [0.4, 0.5) is 5.69 Å². The van der Waals surface area contributed by atoms with Crippen molar-refractivity contribution in [1.82, 2.24) is 5.32 Å². The van der Waals surface area contributed by atoms with Gasteiger partial charge in [0.15, 0.2) is 0 Å². The second-order valence-electron chi connectivity index (χ2n) is 6.35. The average Bonchev–Trinajstić information content (AvgIpc) is 2.64. The third-order valence-electron chi connectivity index (χ3n) is 4.55. The van der Waals surface area contributed by atoms with E-state index in [1.165, 1.54) is 0 Å². The van der Waals surface area contributed by atoms with E-state index in [0.29, 0.717) is 12.8 Å². The van der Waals surface area contributed by atoms with E-state index in [9.17, 15) is 4.79 Å². The molecule has 2 aromatic carbocycles. The molecule has 0 aromatic heterocycles. The summed E-state index contributed by atoms with van der Waals surface area (Å²) in [5.41, 5.74) is 1.13. The summed E-state index contributed by atoms with van der Waals surface area (Å²) >= 11 is 0. The van der Waals surface area contributed by atoms with Crippen LogP contribution < -0.4 is 15.4 Å². The van der Waals surface area contributed by atoms with Crippen molar-refractivity contribution < 1.29 is 14.3 Å². The van der Waals surface area contributed by atoms with Gasteiger partial charge in [-0.15, -0.1) is 12.4 Å². The molecular weight excluding hydrogens is 352 g/mol. The van der Waals surface area contributed by atoms with E-state index in [0.717, 1.165) is 35.8 Å². The minimum atomic E-state index is -0.748. The first-order chi connectivity index (χ1) is 12.1. The number of methoxy groups -OCH3 is 1. The molecule has 1 saturated heterocycles. The van der Waals surface area contributed by atoms with E-state index >= 15 is 0 Å². The van der Waals surface area contributed by atoms with Crippen LogP contribution in [0.25, 0.3) is 0 Å². The predicted octanol–water partition coefficient (Wildman–Crippen LogP) is 3.92. The van der Waals surface area contributed by atoms with Gasteiger partial charge in [0.1, 0.15) is 17.1 Å². The van der Waals surface area contributed by atoms with E-state index in [4.69, 9.17) is 9.47 Å². The van der Waals surface area contributed by atoms with Crippen LogP contribution in [0.15, 0.2) is 48.5 Å². The first-order valence-electron chi connectivity index (χ1n) is 8.53. The second kappa shape index (κ2) is 9.03. The van der Waals surface area contributed by atoms with Gasteiger partial charge < -0.3 is 20.1 Å². The van der Waals surface area contributed by atoms with E-state index in [1.54, 1.807) is 7.11 Å². The fourth-order valence-corrected chi connectivity index (χ4v) is 3.02. The fraction of sp³-hybridized carbons (Fsp3) is 0.350. The molecule has 1 amide bonds. The van der Waals surface area contributed by atoms with Crippen molar-refractivity contribution in [1.29, 1.82) is 0 Å². The third-order valence-corrected chi connectivity index (χ3v) is 4.55. The van der Waals surface area contributed by atoms with E-state index in [1.807, 2.05) is 55.5 Å². The van der Waals surface area contributed by atoms with Gasteiger partial charge in [-0.2, -0.15) is 0 Å². The highest BCUT2D eigenvalue weighted by Crippen LogP contribution is 2.27. The van der Waals surface area contributed by atoms with Crippen LogP contribution in [0, 0.1) is 6.92 Å². The van der Waals surface area contributed by atoms with Crippen molar-refractivity contribution in [3.63, 3.8) is 0 Å². The maximum atomic E-state index is 12.6. The smallest absolute Gasteiger partial charge is 0.256 e. The van der Waals surface area contributed by atoms with Crippen LogP contribution in [-0.4, -0.2) is 31.7 Å². The maximum Gasteiger partial charge on any atom is 0.256 e. The summed E-state index contributed by atoms with van der Waals surface area (Å²) < 4.78 is 11.4. The van der Waals surface area contributed by atoms with E-state index in [2.05, 4.69) is 10.6 Å². The Labute approximate surface area is 160 Å². The van der Waals surface area contributed by atoms with Gasteiger partial charge in [0, 0.05) is 12.8 Å². The molecule has 26 heavy (non-hydrogen) atoms. The minimum Gasteiger partial charge on any atom is -0.457 e. The number of ether oxygens (including phenoxy) is 2. The molecule has 0 bridgehead atoms. The van der Waals surface area contributed by atoms with Crippen LogP contribution >= 0.6 is 12.4 Å². The third kappa shape index (κ3) is 4.75. The van der Waals surface area contributed by atoms with Crippen LogP contribution in [0.1, 0.15) is 18.4 Å². The fourth-order valence-electron chi connectivity index (χ4n) is 3.02. The van der Waals surface area contributed by atoms with E-state index < -0.39 is 5.60 Å². The maximum absolute atomic E-state index is 12.6. The Hall–Kier alpha value is -2.08. The summed E-state index contributed by atoms with van der Waals surface area (Å²) in [6.07, 6.45) is 1.34. The molecule has 2 N–H and O–H groups in total. The van der Waals surface area contributed by atoms with Gasteiger partial charge in [0.2, 0.25) is 0 Å². The molecule has 0 radical (unpaired) electrons. The Morgan fingerprint density at radius 3 is 2.38 bits per heavy atom. The van der Waals surface area contributed by atoms with E-state index in [-0.39, 0.29) is 18.3 Å². The molecular formula is C20H25ClN2O3. The summed E-state index contributed by atoms with van der Waals surface area (Å²) in [5, 5.41) is 6.21. The number of halogens is 1. The highest BCUT2D eigenvalue weighted by Gasteiger charge is 2.39. The first-order valence-corrected chi connectivity index (χ1v) is 8.53. The van der Waals surface area contributed by atoms with Crippen molar-refractivity contribution in [3.05, 3.63) is 54.1 Å². The zero-order valence-corrected chi connectivity index (χ0v) is 15.9. The van der Waals surface area contributed by atoms with Gasteiger partial charge in [0.25, 0.3) is 5.91 Å². The number of aryl methyl sites for hydroxylation is 1. The lowest BCUT2D eigenvalue weighted by Crippen LogP contribution is -2.51. The molecule has 1 heterocycles. The standard InChI is InChI=1S/C20H24N2O3.ClH/c1-15-4-3-5-18(14-15)25-17-8-6-16(7-9-17)22-19(23)20(24-2)10-12-21-13-11-20;/h3-9,14,21H,10-13H2,1-2H3,(H,22,23);1H. The van der Waals surface area contributed by atoms with Gasteiger partial charge in [-0.1, -0.05) is 12.1 Å². The number of piperidine rings is 1. The lowest BCUT2D eigenvalue weighted by Gasteiger charge is -2.34. The number of benzene rings is 2. The quantitative estimate of drug-likeness (QED) is 0.830. The lowest BCUT2D eigenvalue weighted by molar-refractivity contribution is -0.140. The van der Waals surface area contributed by atoms with Crippen LogP contribution in [0.5, 0.6) is 11.5 Å². The summed E-state index contributed by atoms with van der Waals surface area (Å²) in [6, 6.07) is 15.3. The number of rotatable bonds is 5. The van der Waals surface area contributed by atoms with Crippen LogP contribution in [0.3, 0.4) is 0 Å².